The minimum absolute atomic E-state index is 0.0866. The molecule has 0 unspecified atom stereocenters. The zero-order valence-corrected chi connectivity index (χ0v) is 36.2. The molecular weight excluding hydrogens is 807 g/mol. The lowest BCUT2D eigenvalue weighted by Gasteiger charge is -2.34. The van der Waals surface area contributed by atoms with Gasteiger partial charge in [-0.1, -0.05) is 75.4 Å². The van der Waals surface area contributed by atoms with E-state index in [2.05, 4.69) is 121 Å². The van der Waals surface area contributed by atoms with Crippen LogP contribution in [0.5, 0.6) is 23.0 Å². The number of nitrogens with zero attached hydrogens (tertiary/aromatic N) is 7. The van der Waals surface area contributed by atoms with Gasteiger partial charge in [-0.05, 0) is 84.5 Å². The SMILES string of the molecule is [2H]C([2H])([2H])[n+]1[c-]n2c3c4c(ccc31)Oc1ccoc1B4[n+]1c(N(c3nc4ccccc4[nH]3)c3c(C)cccc3C)cc(Oc3ccc4c5ccccc5n(-c5cc(C(C)(C)C)ccn5)c4c3)cc1-2. The molecule has 11 aromatic rings. The average molecular weight is 853 g/mol. The number of hydrogen-bond donors (Lipinski definition) is 1. The van der Waals surface area contributed by atoms with Crippen molar-refractivity contribution in [3.63, 3.8) is 0 Å². The summed E-state index contributed by atoms with van der Waals surface area (Å²) < 4.78 is 53.4. The maximum Gasteiger partial charge on any atom is 0.441 e. The van der Waals surface area contributed by atoms with Crippen LogP contribution in [0.3, 0.4) is 0 Å². The van der Waals surface area contributed by atoms with Crippen LogP contribution in [-0.2, 0) is 12.4 Å². The van der Waals surface area contributed by atoms with Gasteiger partial charge in [0.25, 0.3) is 5.95 Å². The minimum atomic E-state index is -2.56. The number of benzene rings is 5. The predicted octanol–water partition coefficient (Wildman–Crippen LogP) is 9.75. The number of aryl methyl sites for hydroxylation is 3. The summed E-state index contributed by atoms with van der Waals surface area (Å²) >= 11 is 0. The number of para-hydroxylation sites is 4. The molecule has 0 atom stereocenters. The van der Waals surface area contributed by atoms with Crippen molar-refractivity contribution in [1.29, 1.82) is 0 Å². The Bertz CT molecular complexity index is 3860. The number of nitrogens with one attached hydrogen (secondary N) is 1. The first kappa shape index (κ1) is 34.4. The number of rotatable bonds is 6. The summed E-state index contributed by atoms with van der Waals surface area (Å²) in [5, 5.41) is 2.16. The fourth-order valence-electron chi connectivity index (χ4n) is 9.96. The van der Waals surface area contributed by atoms with E-state index in [1.807, 2.05) is 66.9 Å². The van der Waals surface area contributed by atoms with Gasteiger partial charge in [0.1, 0.15) is 34.6 Å². The van der Waals surface area contributed by atoms with Gasteiger partial charge in [0.15, 0.2) is 11.4 Å². The molecule has 2 aliphatic heterocycles. The summed E-state index contributed by atoms with van der Waals surface area (Å²) in [7, 11) is 0. The fourth-order valence-corrected chi connectivity index (χ4v) is 9.96. The van der Waals surface area contributed by atoms with E-state index >= 15 is 0 Å². The molecule has 8 heterocycles. The number of imidazole rings is 2. The van der Waals surface area contributed by atoms with E-state index < -0.39 is 13.8 Å². The Morgan fingerprint density at radius 1 is 0.831 bits per heavy atom. The van der Waals surface area contributed by atoms with E-state index in [4.69, 9.17) is 28.0 Å². The summed E-state index contributed by atoms with van der Waals surface area (Å²) in [4.78, 5) is 15.9. The molecule has 1 N–H and O–H groups in total. The molecular formula is C53H42BN8O3+. The third kappa shape index (κ3) is 5.49. The lowest BCUT2D eigenvalue weighted by atomic mass is 9.50. The zero-order chi connectivity index (χ0) is 46.4. The quantitative estimate of drug-likeness (QED) is 0.102. The van der Waals surface area contributed by atoms with Gasteiger partial charge >= 0.3 is 6.85 Å². The Kier molecular flexibility index (Phi) is 7.11. The second kappa shape index (κ2) is 13.4. The highest BCUT2D eigenvalue weighted by molar-refractivity contribution is 6.81. The monoisotopic (exact) mass is 852 g/mol. The highest BCUT2D eigenvalue weighted by Gasteiger charge is 2.47. The van der Waals surface area contributed by atoms with Crippen LogP contribution >= 0.6 is 0 Å². The number of aromatic amines is 1. The summed E-state index contributed by atoms with van der Waals surface area (Å²) in [5.41, 5.74) is 10.0. The highest BCUT2D eigenvalue weighted by Crippen LogP contribution is 2.42. The van der Waals surface area contributed by atoms with Crippen molar-refractivity contribution < 1.29 is 27.0 Å². The predicted molar refractivity (Wildman–Crippen MR) is 254 cm³/mol. The molecule has 314 valence electrons. The van der Waals surface area contributed by atoms with Gasteiger partial charge in [0.2, 0.25) is 12.1 Å². The van der Waals surface area contributed by atoms with Gasteiger partial charge in [-0.15, -0.1) is 0 Å². The Morgan fingerprint density at radius 2 is 1.66 bits per heavy atom. The van der Waals surface area contributed by atoms with Crippen molar-refractivity contribution in [1.82, 2.24) is 24.1 Å². The molecule has 0 saturated heterocycles. The Labute approximate surface area is 378 Å². The van der Waals surface area contributed by atoms with E-state index in [-0.39, 0.29) is 5.41 Å². The molecule has 0 amide bonds. The first-order valence-electron chi connectivity index (χ1n) is 23.2. The van der Waals surface area contributed by atoms with Gasteiger partial charge in [0, 0.05) is 46.1 Å². The van der Waals surface area contributed by atoms with Gasteiger partial charge in [0.05, 0.1) is 51.0 Å². The van der Waals surface area contributed by atoms with Crippen molar-refractivity contribution in [2.45, 2.75) is 40.0 Å². The van der Waals surface area contributed by atoms with Crippen molar-refractivity contribution in [3.05, 3.63) is 163 Å². The standard InChI is InChI=1S/C53H42BN8O3/c1-31-12-11-13-32(2)49(31)61(52-56-38-15-8-9-16-39(38)57-52)47-29-35(28-46-59-30-58(6)41-20-21-43-48(50(41)59)54(62(46)47)51-44(65-43)23-25-63-51)64-34-18-19-37-36-14-7-10-17-40(36)60(42(37)27-34)45-26-33(22-24-55-45)53(3,4)5/h7-29H,1-6H3,(H,56,57)/q+1/i6D3. The smallest absolute Gasteiger partial charge is 0.441 e. The molecule has 0 aliphatic carbocycles. The molecule has 0 bridgehead atoms. The van der Waals surface area contributed by atoms with Crippen LogP contribution in [-0.4, -0.2) is 30.9 Å². The van der Waals surface area contributed by atoms with Crippen LogP contribution in [0.25, 0.3) is 55.5 Å². The molecule has 2 aliphatic rings. The van der Waals surface area contributed by atoms with Gasteiger partial charge in [-0.25, -0.2) is 4.98 Å². The van der Waals surface area contributed by atoms with Crippen molar-refractivity contribution >= 4 is 79.3 Å². The van der Waals surface area contributed by atoms with Crippen LogP contribution < -0.4 is 34.5 Å². The molecule has 0 radical (unpaired) electrons. The molecule has 6 aromatic heterocycles. The maximum absolute atomic E-state index is 8.67. The third-order valence-electron chi connectivity index (χ3n) is 12.9. The number of fused-ring (bicyclic) bond motifs is 9. The van der Waals surface area contributed by atoms with Crippen LogP contribution in [0.4, 0.5) is 17.5 Å². The third-order valence-corrected chi connectivity index (χ3v) is 12.9. The van der Waals surface area contributed by atoms with E-state index in [9.17, 15) is 0 Å². The Balaban J connectivity index is 1.10. The number of anilines is 3. The van der Waals surface area contributed by atoms with Crippen LogP contribution in [0.1, 0.15) is 41.6 Å². The Morgan fingerprint density at radius 3 is 2.51 bits per heavy atom. The van der Waals surface area contributed by atoms with Crippen LogP contribution in [0, 0.1) is 20.2 Å². The summed E-state index contributed by atoms with van der Waals surface area (Å²) in [5.74, 6) is 4.82. The lowest BCUT2D eigenvalue weighted by Crippen LogP contribution is -2.71. The minimum Gasteiger partial charge on any atom is -0.470 e. The van der Waals surface area contributed by atoms with Crippen molar-refractivity contribution in [2.75, 3.05) is 4.90 Å². The molecule has 0 spiro atoms. The van der Waals surface area contributed by atoms with Crippen LogP contribution in [0.15, 0.2) is 144 Å². The molecule has 65 heavy (non-hydrogen) atoms. The number of aromatic nitrogens is 7. The van der Waals surface area contributed by atoms with Crippen LogP contribution in [0.2, 0.25) is 0 Å². The van der Waals surface area contributed by atoms with Crippen molar-refractivity contribution in [3.8, 4) is 34.6 Å². The second-order valence-electron chi connectivity index (χ2n) is 18.0. The van der Waals surface area contributed by atoms with E-state index in [0.29, 0.717) is 57.3 Å². The highest BCUT2D eigenvalue weighted by atomic mass is 16.5. The number of hydrogen-bond acceptors (Lipinski definition) is 6. The molecule has 11 nitrogen and oxygen atoms in total. The molecule has 13 rings (SSSR count). The fraction of sp³-hybridized carbons (Fsp3) is 0.132. The number of pyridine rings is 2. The van der Waals surface area contributed by atoms with Crippen molar-refractivity contribution in [2.24, 2.45) is 6.98 Å². The molecule has 0 fully saturated rings. The number of H-pyrrole nitrogens is 1. The van der Waals surface area contributed by atoms with Gasteiger partial charge in [-0.2, -0.15) is 9.88 Å². The first-order valence-corrected chi connectivity index (χ1v) is 21.7. The first-order chi connectivity index (χ1) is 32.8. The summed E-state index contributed by atoms with van der Waals surface area (Å²) in [6.45, 7) is 7.62. The van der Waals surface area contributed by atoms with Gasteiger partial charge < -0.3 is 32.5 Å². The lowest BCUT2D eigenvalue weighted by molar-refractivity contribution is -0.650. The second-order valence-corrected chi connectivity index (χ2v) is 18.0. The number of ether oxygens (including phenoxy) is 2. The van der Waals surface area contributed by atoms with E-state index in [1.54, 1.807) is 16.9 Å². The van der Waals surface area contributed by atoms with Gasteiger partial charge in [-0.3, -0.25) is 4.57 Å². The normalized spacial score (nSPS) is 13.7. The van der Waals surface area contributed by atoms with E-state index in [0.717, 1.165) is 60.9 Å². The van der Waals surface area contributed by atoms with E-state index in [1.165, 1.54) is 10.1 Å². The maximum atomic E-state index is 8.67. The Hall–Kier alpha value is -8.12. The molecule has 0 saturated carbocycles. The largest absolute Gasteiger partial charge is 0.470 e. The zero-order valence-electron chi connectivity index (χ0n) is 39.2. The summed E-state index contributed by atoms with van der Waals surface area (Å²) in [6.07, 6.45) is 6.76. The topological polar surface area (TPSA) is 94.0 Å². The molecule has 12 heteroatoms. The number of furan rings is 1. The molecule has 5 aromatic carbocycles. The average Bonchev–Trinajstić information content (AvgIpc) is 4.12. The summed E-state index contributed by atoms with van der Waals surface area (Å²) in [6, 6.07) is 42.3.